The molecule has 0 unspecified atom stereocenters. The molecule has 0 spiro atoms. The van der Waals surface area contributed by atoms with Crippen LogP contribution >= 0.6 is 0 Å². The fraction of sp³-hybridized carbons (Fsp3) is 1.00. The maximum absolute atomic E-state index is 10.8. The third kappa shape index (κ3) is 7.66. The minimum absolute atomic E-state index is 2.04. The molecular weight excluding hydrogens is 165 g/mol. The van der Waals surface area contributed by atoms with Crippen molar-refractivity contribution in [2.24, 2.45) is 0 Å². The van der Waals surface area contributed by atoms with Gasteiger partial charge in [-0.25, -0.2) is 0 Å². The molecule has 0 amide bonds. The summed E-state index contributed by atoms with van der Waals surface area (Å²) < 4.78 is 61.7. The molecule has 0 aromatic carbocycles. The van der Waals surface area contributed by atoms with E-state index in [1.807, 2.05) is 4.18 Å². The average molecular weight is 165 g/mol. The van der Waals surface area contributed by atoms with Crippen molar-refractivity contribution in [2.45, 2.75) is 6.36 Å². The second-order valence-electron chi connectivity index (χ2n) is 0.937. The molecule has 0 atom stereocenters. The Morgan fingerprint density at radius 3 is 1.56 bits per heavy atom. The Hall–Kier alpha value is -0.340. The lowest BCUT2D eigenvalue weighted by Gasteiger charge is -1.99. The van der Waals surface area contributed by atoms with Gasteiger partial charge in [0.25, 0.3) is 0 Å². The quantitative estimate of drug-likeness (QED) is 0.557. The first-order chi connectivity index (χ1) is 3.71. The molecule has 0 saturated heterocycles. The summed E-state index contributed by atoms with van der Waals surface area (Å²) >= 11 is 0. The topological polar surface area (TPSA) is 63.3 Å². The molecule has 1 radical (unpaired) electrons. The highest BCUT2D eigenvalue weighted by molar-refractivity contribution is 7.80. The van der Waals surface area contributed by atoms with Crippen molar-refractivity contribution >= 4 is 10.4 Å². The van der Waals surface area contributed by atoms with Crippen LogP contribution in [0.2, 0.25) is 0 Å². The predicted molar refractivity (Wildman–Crippen MR) is 16.7 cm³/mol. The third-order valence-electron chi connectivity index (χ3n) is 0.197. The van der Waals surface area contributed by atoms with E-state index in [1.54, 1.807) is 0 Å². The van der Waals surface area contributed by atoms with Gasteiger partial charge in [-0.1, -0.05) is 4.55 Å². The SMILES string of the molecule is [O]S(=O)(=O)OC(F)(F)F. The van der Waals surface area contributed by atoms with Gasteiger partial charge < -0.3 is 0 Å². The summed E-state index contributed by atoms with van der Waals surface area (Å²) in [4.78, 5) is 0. The standard InChI is InChI=1S/CF3O4S/c2-1(3,4)8-9(5,6)7. The Bertz CT molecular complexity index is 176. The number of rotatable bonds is 1. The Morgan fingerprint density at radius 1 is 1.22 bits per heavy atom. The molecule has 0 saturated carbocycles. The summed E-state index contributed by atoms with van der Waals surface area (Å²) in [5.74, 6) is 0. The van der Waals surface area contributed by atoms with Crippen LogP contribution in [-0.2, 0) is 19.1 Å². The molecule has 0 rings (SSSR count). The lowest BCUT2D eigenvalue weighted by molar-refractivity contribution is -0.275. The summed E-state index contributed by atoms with van der Waals surface area (Å²) in [6, 6.07) is 0. The highest BCUT2D eigenvalue weighted by Crippen LogP contribution is 2.18. The van der Waals surface area contributed by atoms with Crippen molar-refractivity contribution in [1.82, 2.24) is 0 Å². The van der Waals surface area contributed by atoms with Crippen LogP contribution in [0, 0.1) is 0 Å². The number of hydrogen-bond donors (Lipinski definition) is 0. The van der Waals surface area contributed by atoms with Crippen molar-refractivity contribution in [2.75, 3.05) is 0 Å². The van der Waals surface area contributed by atoms with Crippen LogP contribution in [0.15, 0.2) is 0 Å². The zero-order valence-electron chi connectivity index (χ0n) is 3.68. The Morgan fingerprint density at radius 2 is 1.56 bits per heavy atom. The molecule has 55 valence electrons. The first kappa shape index (κ1) is 8.66. The monoisotopic (exact) mass is 165 g/mol. The second-order valence-corrected chi connectivity index (χ2v) is 1.92. The van der Waals surface area contributed by atoms with Gasteiger partial charge in [-0.3, -0.25) is 0 Å². The van der Waals surface area contributed by atoms with Gasteiger partial charge >= 0.3 is 16.8 Å². The largest absolute Gasteiger partial charge is 0.538 e. The molecule has 4 nitrogen and oxygen atoms in total. The van der Waals surface area contributed by atoms with Crippen molar-refractivity contribution in [1.29, 1.82) is 0 Å². The highest BCUT2D eigenvalue weighted by Gasteiger charge is 2.36. The van der Waals surface area contributed by atoms with Gasteiger partial charge in [0.05, 0.1) is 0 Å². The van der Waals surface area contributed by atoms with Crippen LogP contribution in [0.4, 0.5) is 13.2 Å². The van der Waals surface area contributed by atoms with E-state index in [4.69, 9.17) is 13.0 Å². The first-order valence-corrected chi connectivity index (χ1v) is 2.77. The summed E-state index contributed by atoms with van der Waals surface area (Å²) in [7, 11) is -5.66. The fourth-order valence-electron chi connectivity index (χ4n) is 0.116. The molecule has 0 bridgehead atoms. The summed E-state index contributed by atoms with van der Waals surface area (Å²) in [5.41, 5.74) is 0. The molecule has 0 aromatic rings. The van der Waals surface area contributed by atoms with Crippen molar-refractivity contribution in [3.8, 4) is 0 Å². The van der Waals surface area contributed by atoms with E-state index >= 15 is 0 Å². The lowest BCUT2D eigenvalue weighted by Crippen LogP contribution is -2.17. The predicted octanol–water partition coefficient (Wildman–Crippen LogP) is 0.198. The minimum atomic E-state index is -5.66. The van der Waals surface area contributed by atoms with Gasteiger partial charge in [0, 0.05) is 0 Å². The van der Waals surface area contributed by atoms with E-state index in [-0.39, 0.29) is 0 Å². The van der Waals surface area contributed by atoms with E-state index in [2.05, 4.69) is 0 Å². The van der Waals surface area contributed by atoms with E-state index in [1.165, 1.54) is 0 Å². The van der Waals surface area contributed by atoms with Crippen molar-refractivity contribution < 1.29 is 30.3 Å². The molecule has 0 aliphatic carbocycles. The molecule has 0 aliphatic heterocycles. The van der Waals surface area contributed by atoms with E-state index < -0.39 is 16.8 Å². The van der Waals surface area contributed by atoms with Gasteiger partial charge in [0.15, 0.2) is 0 Å². The number of hydrogen-bond acceptors (Lipinski definition) is 3. The summed E-state index contributed by atoms with van der Waals surface area (Å²) in [5, 5.41) is 0. The Kier molecular flexibility index (Phi) is 2.04. The zero-order valence-corrected chi connectivity index (χ0v) is 4.49. The minimum Gasteiger partial charge on any atom is -0.166 e. The maximum Gasteiger partial charge on any atom is 0.538 e. The Balaban J connectivity index is 4.07. The molecule has 0 heterocycles. The van der Waals surface area contributed by atoms with Gasteiger partial charge in [-0.2, -0.15) is 8.42 Å². The van der Waals surface area contributed by atoms with Crippen LogP contribution in [0.3, 0.4) is 0 Å². The van der Waals surface area contributed by atoms with Gasteiger partial charge in [0.1, 0.15) is 0 Å². The number of halogens is 3. The van der Waals surface area contributed by atoms with Crippen molar-refractivity contribution in [3.05, 3.63) is 0 Å². The van der Waals surface area contributed by atoms with Crippen LogP contribution in [0.5, 0.6) is 0 Å². The fourth-order valence-corrected chi connectivity index (χ4v) is 0.347. The molecule has 8 heteroatoms. The zero-order chi connectivity index (χ0) is 7.71. The van der Waals surface area contributed by atoms with E-state index in [0.29, 0.717) is 0 Å². The molecule has 0 N–H and O–H groups in total. The molecular formula is CF3O4S. The highest BCUT2D eigenvalue weighted by atomic mass is 32.3. The Labute approximate surface area is 48.2 Å². The third-order valence-corrected chi connectivity index (χ3v) is 0.590. The van der Waals surface area contributed by atoms with Gasteiger partial charge in [-0.15, -0.1) is 17.4 Å². The van der Waals surface area contributed by atoms with Gasteiger partial charge in [0.2, 0.25) is 0 Å². The second kappa shape index (κ2) is 2.12. The van der Waals surface area contributed by atoms with Crippen LogP contribution in [0.1, 0.15) is 0 Å². The van der Waals surface area contributed by atoms with Crippen LogP contribution < -0.4 is 0 Å². The first-order valence-electron chi connectivity index (χ1n) is 1.44. The maximum atomic E-state index is 10.8. The normalized spacial score (nSPS) is 13.8. The molecule has 0 aromatic heterocycles. The van der Waals surface area contributed by atoms with E-state index in [0.717, 1.165) is 0 Å². The smallest absolute Gasteiger partial charge is 0.166 e. The summed E-state index contributed by atoms with van der Waals surface area (Å²) in [6.07, 6.45) is -5.42. The van der Waals surface area contributed by atoms with Crippen LogP contribution in [0.25, 0.3) is 0 Å². The lowest BCUT2D eigenvalue weighted by atomic mass is 11.4. The number of alkyl halides is 3. The van der Waals surface area contributed by atoms with Gasteiger partial charge in [-0.05, 0) is 0 Å². The van der Waals surface area contributed by atoms with Crippen LogP contribution in [-0.4, -0.2) is 14.8 Å². The summed E-state index contributed by atoms with van der Waals surface area (Å²) in [6.45, 7) is 0. The molecule has 0 aliphatic rings. The van der Waals surface area contributed by atoms with E-state index in [9.17, 15) is 13.2 Å². The average Bonchev–Trinajstić information content (AvgIpc) is 1.14. The molecule has 9 heavy (non-hydrogen) atoms. The van der Waals surface area contributed by atoms with Crippen molar-refractivity contribution in [3.63, 3.8) is 0 Å². The molecule has 0 fully saturated rings.